The minimum absolute atomic E-state index is 0.146. The zero-order valence-corrected chi connectivity index (χ0v) is 19.6. The van der Waals surface area contributed by atoms with E-state index in [0.29, 0.717) is 34.5 Å². The molecule has 4 aromatic rings. The van der Waals surface area contributed by atoms with Gasteiger partial charge in [0.25, 0.3) is 6.17 Å². The fourth-order valence-electron chi connectivity index (χ4n) is 4.18. The summed E-state index contributed by atoms with van der Waals surface area (Å²) in [5.41, 5.74) is 3.40. The molecule has 0 saturated carbocycles. The number of benzene rings is 3. The molecule has 0 aliphatic carbocycles. The highest BCUT2D eigenvalue weighted by Gasteiger charge is 2.44. The molecule has 0 radical (unpaired) electrons. The largest absolute Gasteiger partial charge is 0.489 e. The number of carbonyl (C=O) groups is 1. The van der Waals surface area contributed by atoms with E-state index in [-0.39, 0.29) is 11.5 Å². The predicted molar refractivity (Wildman–Crippen MR) is 131 cm³/mol. The Morgan fingerprint density at radius 2 is 1.76 bits per heavy atom. The third-order valence-corrected chi connectivity index (χ3v) is 6.29. The quantitative estimate of drug-likeness (QED) is 0.352. The SMILES string of the molecule is CSc1n[n+]2c(c(=O)[nH]1)-c1ccccc1N(C(C)=O)C2c1ccc(OCc2ccccc2)cc1. The lowest BCUT2D eigenvalue weighted by atomic mass is 10.0. The van der Waals surface area contributed by atoms with Gasteiger partial charge in [-0.25, -0.2) is 4.90 Å². The summed E-state index contributed by atoms with van der Waals surface area (Å²) in [6.45, 7) is 1.98. The molecule has 0 spiro atoms. The minimum atomic E-state index is -0.612. The molecular weight excluding hydrogens is 448 g/mol. The Morgan fingerprint density at radius 1 is 1.06 bits per heavy atom. The van der Waals surface area contributed by atoms with Crippen LogP contribution in [0, 0.1) is 0 Å². The van der Waals surface area contributed by atoms with Gasteiger partial charge >= 0.3 is 11.3 Å². The number of hydrogen-bond acceptors (Lipinski definition) is 5. The molecule has 1 unspecified atom stereocenters. The van der Waals surface area contributed by atoms with Crippen molar-refractivity contribution in [1.82, 2.24) is 10.1 Å². The lowest BCUT2D eigenvalue weighted by molar-refractivity contribution is -0.763. The second-order valence-corrected chi connectivity index (χ2v) is 8.67. The van der Waals surface area contributed by atoms with E-state index in [1.54, 1.807) is 9.58 Å². The number of nitrogens with one attached hydrogen (secondary N) is 1. The minimum Gasteiger partial charge on any atom is -0.489 e. The Kier molecular flexibility index (Phi) is 5.90. The molecule has 0 fully saturated rings. The molecule has 1 aliphatic heterocycles. The Labute approximate surface area is 201 Å². The van der Waals surface area contributed by atoms with Gasteiger partial charge in [-0.2, -0.15) is 0 Å². The average molecular weight is 472 g/mol. The van der Waals surface area contributed by atoms with Crippen molar-refractivity contribution in [2.24, 2.45) is 0 Å². The number of anilines is 1. The third-order valence-electron chi connectivity index (χ3n) is 5.72. The van der Waals surface area contributed by atoms with Crippen molar-refractivity contribution in [3.63, 3.8) is 0 Å². The molecule has 1 atom stereocenters. The number of hydrogen-bond donors (Lipinski definition) is 1. The number of thioether (sulfide) groups is 1. The molecule has 0 saturated heterocycles. The number of ether oxygens (including phenoxy) is 1. The van der Waals surface area contributed by atoms with Crippen LogP contribution in [0.5, 0.6) is 5.75 Å². The lowest BCUT2D eigenvalue weighted by Crippen LogP contribution is -2.60. The van der Waals surface area contributed by atoms with Gasteiger partial charge in [-0.1, -0.05) is 54.2 Å². The number of aromatic amines is 1. The van der Waals surface area contributed by atoms with Crippen molar-refractivity contribution >= 4 is 23.4 Å². The molecule has 5 rings (SSSR count). The van der Waals surface area contributed by atoms with E-state index in [9.17, 15) is 9.59 Å². The molecule has 1 N–H and O–H groups in total. The van der Waals surface area contributed by atoms with Crippen LogP contribution in [0.4, 0.5) is 5.69 Å². The molecule has 1 amide bonds. The number of rotatable bonds is 5. The van der Waals surface area contributed by atoms with Gasteiger partial charge in [0.2, 0.25) is 11.1 Å². The normalized spacial score (nSPS) is 14.3. The molecule has 34 heavy (non-hydrogen) atoms. The van der Waals surface area contributed by atoms with Crippen molar-refractivity contribution in [3.05, 3.63) is 100 Å². The number of carbonyl (C=O) groups excluding carboxylic acids is 1. The van der Waals surface area contributed by atoms with Gasteiger partial charge in [-0.15, -0.1) is 0 Å². The smallest absolute Gasteiger partial charge is 0.325 e. The molecule has 170 valence electrons. The summed E-state index contributed by atoms with van der Waals surface area (Å²) in [6, 6.07) is 24.9. The monoisotopic (exact) mass is 471 g/mol. The molecule has 3 aromatic carbocycles. The summed E-state index contributed by atoms with van der Waals surface area (Å²) in [7, 11) is 0. The maximum Gasteiger partial charge on any atom is 0.325 e. The summed E-state index contributed by atoms with van der Waals surface area (Å²) in [4.78, 5) is 30.5. The molecular formula is C26H23N4O3S+. The van der Waals surface area contributed by atoms with Gasteiger partial charge in [0.1, 0.15) is 12.4 Å². The van der Waals surface area contributed by atoms with E-state index in [1.807, 2.05) is 85.1 Å². The van der Waals surface area contributed by atoms with Gasteiger partial charge in [0, 0.05) is 17.6 Å². The number of nitrogens with zero attached hydrogens (tertiary/aromatic N) is 3. The van der Waals surface area contributed by atoms with Crippen LogP contribution in [0.2, 0.25) is 0 Å². The van der Waals surface area contributed by atoms with Crippen LogP contribution >= 0.6 is 11.8 Å². The van der Waals surface area contributed by atoms with Gasteiger partial charge in [0.15, 0.2) is 0 Å². The highest BCUT2D eigenvalue weighted by Crippen LogP contribution is 2.37. The van der Waals surface area contributed by atoms with Gasteiger partial charge < -0.3 is 4.74 Å². The fourth-order valence-corrected chi connectivity index (χ4v) is 4.55. The Balaban J connectivity index is 1.58. The van der Waals surface area contributed by atoms with Crippen molar-refractivity contribution < 1.29 is 14.2 Å². The Bertz CT molecular complexity index is 1400. The van der Waals surface area contributed by atoms with Crippen LogP contribution in [0.1, 0.15) is 24.2 Å². The Hall–Kier alpha value is -3.91. The number of H-pyrrole nitrogens is 1. The summed E-state index contributed by atoms with van der Waals surface area (Å²) in [5.74, 6) is 0.569. The third kappa shape index (κ3) is 3.97. The first-order valence-electron chi connectivity index (χ1n) is 10.8. The number of aromatic nitrogens is 3. The molecule has 1 aliphatic rings. The first-order chi connectivity index (χ1) is 16.6. The number of para-hydroxylation sites is 1. The van der Waals surface area contributed by atoms with Gasteiger partial charge in [0.05, 0.1) is 11.3 Å². The number of amides is 1. The molecule has 2 heterocycles. The maximum atomic E-state index is 13.1. The van der Waals surface area contributed by atoms with Crippen molar-refractivity contribution in [2.75, 3.05) is 11.2 Å². The molecule has 1 aromatic heterocycles. The van der Waals surface area contributed by atoms with E-state index in [0.717, 1.165) is 11.1 Å². The first kappa shape index (κ1) is 21.9. The van der Waals surface area contributed by atoms with E-state index >= 15 is 0 Å². The fraction of sp³-hybridized carbons (Fsp3) is 0.154. The van der Waals surface area contributed by atoms with Crippen LogP contribution in [-0.4, -0.2) is 22.2 Å². The van der Waals surface area contributed by atoms with Crippen LogP contribution in [0.3, 0.4) is 0 Å². The van der Waals surface area contributed by atoms with E-state index in [2.05, 4.69) is 10.1 Å². The topological polar surface area (TPSA) is 79.2 Å². The molecule has 7 nitrogen and oxygen atoms in total. The Morgan fingerprint density at radius 3 is 2.47 bits per heavy atom. The standard InChI is InChI=1S/C26H22N4O3S/c1-17(31)29-22-11-7-6-10-21(22)23-24(32)27-26(34-2)28-30(23)25(29)19-12-14-20(15-13-19)33-16-18-8-4-3-5-9-18/h3-15,25H,16H2,1-2H3/p+1. The van der Waals surface area contributed by atoms with Crippen LogP contribution in [-0.2, 0) is 11.4 Å². The first-order valence-corrected chi connectivity index (χ1v) is 12.1. The van der Waals surface area contributed by atoms with E-state index < -0.39 is 6.17 Å². The summed E-state index contributed by atoms with van der Waals surface area (Å²) in [6.07, 6.45) is 1.23. The van der Waals surface area contributed by atoms with Crippen LogP contribution in [0.25, 0.3) is 11.3 Å². The summed E-state index contributed by atoms with van der Waals surface area (Å²) >= 11 is 1.34. The summed E-state index contributed by atoms with van der Waals surface area (Å²) < 4.78 is 7.58. The maximum absolute atomic E-state index is 13.1. The highest BCUT2D eigenvalue weighted by atomic mass is 32.2. The van der Waals surface area contributed by atoms with Crippen LogP contribution in [0.15, 0.2) is 88.8 Å². The highest BCUT2D eigenvalue weighted by molar-refractivity contribution is 7.98. The second kappa shape index (κ2) is 9.15. The van der Waals surface area contributed by atoms with Crippen molar-refractivity contribution in [2.45, 2.75) is 24.9 Å². The van der Waals surface area contributed by atoms with Gasteiger partial charge in [-0.3, -0.25) is 14.6 Å². The van der Waals surface area contributed by atoms with E-state index in [4.69, 9.17) is 4.74 Å². The molecule has 0 bridgehead atoms. The predicted octanol–water partition coefficient (Wildman–Crippen LogP) is 3.94. The second-order valence-electron chi connectivity index (χ2n) is 7.88. The number of fused-ring (bicyclic) bond motifs is 3. The van der Waals surface area contributed by atoms with Crippen LogP contribution < -0.4 is 19.9 Å². The zero-order chi connectivity index (χ0) is 23.7. The van der Waals surface area contributed by atoms with Crippen molar-refractivity contribution in [1.29, 1.82) is 0 Å². The lowest BCUT2D eigenvalue weighted by Gasteiger charge is -2.31. The summed E-state index contributed by atoms with van der Waals surface area (Å²) in [5, 5.41) is 5.16. The van der Waals surface area contributed by atoms with Crippen molar-refractivity contribution in [3.8, 4) is 17.0 Å². The zero-order valence-electron chi connectivity index (χ0n) is 18.8. The van der Waals surface area contributed by atoms with Gasteiger partial charge in [-0.05, 0) is 52.9 Å². The average Bonchev–Trinajstić information content (AvgIpc) is 2.87. The van der Waals surface area contributed by atoms with E-state index in [1.165, 1.54) is 18.7 Å². The molecule has 8 heteroatoms.